The summed E-state index contributed by atoms with van der Waals surface area (Å²) in [5.74, 6) is 0.641. The minimum atomic E-state index is -4.34. The van der Waals surface area contributed by atoms with E-state index in [-0.39, 0.29) is 0 Å². The van der Waals surface area contributed by atoms with Crippen molar-refractivity contribution in [2.24, 2.45) is 0 Å². The predicted molar refractivity (Wildman–Crippen MR) is 68.2 cm³/mol. The second kappa shape index (κ2) is 5.21. The molecular weight excluding hydrogens is 323 g/mol. The van der Waals surface area contributed by atoms with Gasteiger partial charge in [0.1, 0.15) is 5.75 Å². The second-order valence-electron chi connectivity index (χ2n) is 3.84. The number of aromatic nitrogens is 1. The van der Waals surface area contributed by atoms with E-state index in [0.29, 0.717) is 11.6 Å². The summed E-state index contributed by atoms with van der Waals surface area (Å²) in [4.78, 5) is 4.15. The highest BCUT2D eigenvalue weighted by Crippen LogP contribution is 2.31. The van der Waals surface area contributed by atoms with Crippen LogP contribution >= 0.6 is 15.9 Å². The minimum absolute atomic E-state index is 0.308. The SMILES string of the molecule is Cc1nc(Oc2ccc(C(F)(F)F)cc2)ccc1Br. The highest BCUT2D eigenvalue weighted by molar-refractivity contribution is 9.10. The van der Waals surface area contributed by atoms with E-state index in [1.54, 1.807) is 19.1 Å². The van der Waals surface area contributed by atoms with E-state index < -0.39 is 11.7 Å². The minimum Gasteiger partial charge on any atom is -0.439 e. The Bertz CT molecular complexity index is 581. The van der Waals surface area contributed by atoms with Gasteiger partial charge >= 0.3 is 6.18 Å². The molecule has 0 unspecified atom stereocenters. The molecular formula is C13H9BrF3NO. The van der Waals surface area contributed by atoms with Crippen LogP contribution in [0.15, 0.2) is 40.9 Å². The number of alkyl halides is 3. The zero-order valence-corrected chi connectivity index (χ0v) is 11.4. The highest BCUT2D eigenvalue weighted by atomic mass is 79.9. The Hall–Kier alpha value is -1.56. The van der Waals surface area contributed by atoms with Crippen LogP contribution in [0.5, 0.6) is 11.6 Å². The van der Waals surface area contributed by atoms with E-state index >= 15 is 0 Å². The first-order chi connectivity index (χ1) is 8.86. The van der Waals surface area contributed by atoms with Crippen molar-refractivity contribution in [1.29, 1.82) is 0 Å². The number of halogens is 4. The Balaban J connectivity index is 2.17. The summed E-state index contributed by atoms with van der Waals surface area (Å²) in [7, 11) is 0. The molecule has 0 N–H and O–H groups in total. The van der Waals surface area contributed by atoms with Crippen LogP contribution in [0.3, 0.4) is 0 Å². The van der Waals surface area contributed by atoms with Crippen LogP contribution in [0, 0.1) is 6.92 Å². The van der Waals surface area contributed by atoms with Gasteiger partial charge in [0.2, 0.25) is 5.88 Å². The van der Waals surface area contributed by atoms with E-state index in [0.717, 1.165) is 22.3 Å². The Labute approximate surface area is 116 Å². The quantitative estimate of drug-likeness (QED) is 0.775. The van der Waals surface area contributed by atoms with Crippen LogP contribution in [0.1, 0.15) is 11.3 Å². The fourth-order valence-electron chi connectivity index (χ4n) is 1.41. The van der Waals surface area contributed by atoms with Crippen molar-refractivity contribution in [2.45, 2.75) is 13.1 Å². The van der Waals surface area contributed by atoms with E-state index in [4.69, 9.17) is 4.74 Å². The van der Waals surface area contributed by atoms with Gasteiger partial charge in [-0.15, -0.1) is 0 Å². The molecule has 0 aliphatic heterocycles. The second-order valence-corrected chi connectivity index (χ2v) is 4.70. The van der Waals surface area contributed by atoms with Crippen LogP contribution < -0.4 is 4.74 Å². The van der Waals surface area contributed by atoms with E-state index in [2.05, 4.69) is 20.9 Å². The van der Waals surface area contributed by atoms with Crippen molar-refractivity contribution in [3.8, 4) is 11.6 Å². The maximum atomic E-state index is 12.4. The maximum absolute atomic E-state index is 12.4. The summed E-state index contributed by atoms with van der Waals surface area (Å²) in [6, 6.07) is 7.88. The lowest BCUT2D eigenvalue weighted by atomic mass is 10.2. The van der Waals surface area contributed by atoms with Gasteiger partial charge in [0.25, 0.3) is 0 Å². The molecule has 1 heterocycles. The van der Waals surface area contributed by atoms with Crippen LogP contribution in [-0.4, -0.2) is 4.98 Å². The molecule has 1 aromatic carbocycles. The summed E-state index contributed by atoms with van der Waals surface area (Å²) in [6.45, 7) is 1.80. The molecule has 6 heteroatoms. The molecule has 19 heavy (non-hydrogen) atoms. The molecule has 0 aliphatic rings. The standard InChI is InChI=1S/C13H9BrF3NO/c1-8-11(14)6-7-12(18-8)19-10-4-2-9(3-5-10)13(15,16)17/h2-7H,1H3. The lowest BCUT2D eigenvalue weighted by Crippen LogP contribution is -2.04. The Morgan fingerprint density at radius 2 is 1.68 bits per heavy atom. The third kappa shape index (κ3) is 3.47. The summed E-state index contributed by atoms with van der Waals surface area (Å²) in [6.07, 6.45) is -4.34. The normalized spacial score (nSPS) is 11.4. The van der Waals surface area contributed by atoms with Crippen molar-refractivity contribution >= 4 is 15.9 Å². The molecule has 100 valence electrons. The molecule has 0 saturated heterocycles. The van der Waals surface area contributed by atoms with Crippen molar-refractivity contribution < 1.29 is 17.9 Å². The van der Waals surface area contributed by atoms with Crippen molar-refractivity contribution in [1.82, 2.24) is 4.98 Å². The molecule has 2 rings (SSSR count). The van der Waals surface area contributed by atoms with Gasteiger partial charge in [0.15, 0.2) is 0 Å². The van der Waals surface area contributed by atoms with Gasteiger partial charge < -0.3 is 4.74 Å². The molecule has 2 aromatic rings. The number of nitrogens with zero attached hydrogens (tertiary/aromatic N) is 1. The van der Waals surface area contributed by atoms with Crippen molar-refractivity contribution in [2.75, 3.05) is 0 Å². The molecule has 0 saturated carbocycles. The van der Waals surface area contributed by atoms with Gasteiger partial charge in [0, 0.05) is 10.5 Å². The first-order valence-electron chi connectivity index (χ1n) is 5.34. The monoisotopic (exact) mass is 331 g/mol. The van der Waals surface area contributed by atoms with Crippen LogP contribution in [-0.2, 0) is 6.18 Å². The first kappa shape index (κ1) is 13.9. The van der Waals surface area contributed by atoms with E-state index in [9.17, 15) is 13.2 Å². The zero-order chi connectivity index (χ0) is 14.0. The van der Waals surface area contributed by atoms with Crippen LogP contribution in [0.4, 0.5) is 13.2 Å². The predicted octanol–water partition coefficient (Wildman–Crippen LogP) is 4.96. The van der Waals surface area contributed by atoms with E-state index in [1.165, 1.54) is 12.1 Å². The molecule has 2 nitrogen and oxygen atoms in total. The van der Waals surface area contributed by atoms with Gasteiger partial charge in [-0.05, 0) is 53.2 Å². The maximum Gasteiger partial charge on any atom is 0.416 e. The number of ether oxygens (including phenoxy) is 1. The largest absolute Gasteiger partial charge is 0.439 e. The summed E-state index contributed by atoms with van der Waals surface area (Å²) in [5, 5.41) is 0. The van der Waals surface area contributed by atoms with Gasteiger partial charge in [-0.25, -0.2) is 4.98 Å². The lowest BCUT2D eigenvalue weighted by molar-refractivity contribution is -0.137. The molecule has 0 atom stereocenters. The van der Waals surface area contributed by atoms with Crippen molar-refractivity contribution in [3.63, 3.8) is 0 Å². The van der Waals surface area contributed by atoms with Crippen molar-refractivity contribution in [3.05, 3.63) is 52.1 Å². The fraction of sp³-hybridized carbons (Fsp3) is 0.154. The zero-order valence-electron chi connectivity index (χ0n) is 9.83. The highest BCUT2D eigenvalue weighted by Gasteiger charge is 2.30. The lowest BCUT2D eigenvalue weighted by Gasteiger charge is -2.09. The average Bonchev–Trinajstić information content (AvgIpc) is 2.33. The number of benzene rings is 1. The first-order valence-corrected chi connectivity index (χ1v) is 6.14. The Morgan fingerprint density at radius 1 is 1.05 bits per heavy atom. The Kier molecular flexibility index (Phi) is 3.80. The van der Waals surface area contributed by atoms with Crippen LogP contribution in [0.25, 0.3) is 0 Å². The summed E-state index contributed by atoms with van der Waals surface area (Å²) >= 11 is 3.30. The number of hydrogen-bond acceptors (Lipinski definition) is 2. The molecule has 0 bridgehead atoms. The van der Waals surface area contributed by atoms with Gasteiger partial charge in [0.05, 0.1) is 11.3 Å². The number of aryl methyl sites for hydroxylation is 1. The molecule has 0 spiro atoms. The van der Waals surface area contributed by atoms with Gasteiger partial charge in [-0.3, -0.25) is 0 Å². The smallest absolute Gasteiger partial charge is 0.416 e. The van der Waals surface area contributed by atoms with E-state index in [1.807, 2.05) is 0 Å². The van der Waals surface area contributed by atoms with Crippen LogP contribution in [0.2, 0.25) is 0 Å². The average molecular weight is 332 g/mol. The third-order valence-corrected chi connectivity index (χ3v) is 3.24. The Morgan fingerprint density at radius 3 is 2.21 bits per heavy atom. The fourth-order valence-corrected chi connectivity index (χ4v) is 1.63. The van der Waals surface area contributed by atoms with Gasteiger partial charge in [-0.1, -0.05) is 0 Å². The third-order valence-electron chi connectivity index (χ3n) is 2.40. The molecule has 1 aromatic heterocycles. The number of rotatable bonds is 2. The topological polar surface area (TPSA) is 22.1 Å². The summed E-state index contributed by atoms with van der Waals surface area (Å²) < 4.78 is 43.4. The molecule has 0 radical (unpaired) electrons. The molecule has 0 aliphatic carbocycles. The number of pyridine rings is 1. The molecule has 0 amide bonds. The number of hydrogen-bond donors (Lipinski definition) is 0. The molecule has 0 fully saturated rings. The van der Waals surface area contributed by atoms with Gasteiger partial charge in [-0.2, -0.15) is 13.2 Å². The summed E-state index contributed by atoms with van der Waals surface area (Å²) in [5.41, 5.74) is 0.0317.